The van der Waals surface area contributed by atoms with Gasteiger partial charge in [0.1, 0.15) is 0 Å². The molecule has 2 nitrogen and oxygen atoms in total. The fraction of sp³-hybridized carbons (Fsp3) is 0.500. The maximum absolute atomic E-state index is 12.6. The molecule has 1 amide bonds. The van der Waals surface area contributed by atoms with Crippen LogP contribution >= 0.6 is 15.9 Å². The average molecular weight is 564 g/mol. The van der Waals surface area contributed by atoms with Gasteiger partial charge in [-0.05, 0) is 61.1 Å². The van der Waals surface area contributed by atoms with Crippen LogP contribution in [0.4, 0.5) is 26.3 Å². The number of alkyl halides is 7. The summed E-state index contributed by atoms with van der Waals surface area (Å²) in [6.07, 6.45) is -1.35. The van der Waals surface area contributed by atoms with Crippen molar-refractivity contribution in [2.45, 2.75) is 68.7 Å². The number of halogens is 7. The van der Waals surface area contributed by atoms with E-state index >= 15 is 0 Å². The van der Waals surface area contributed by atoms with Crippen LogP contribution in [0.2, 0.25) is 0 Å². The standard InChI is InChI=1S/C18H22F3NO.C8H6BrF3/c19-18(20,21)15-8-6-13(7-9-15)12-14-10-11-22(17(14)23)16-4-2-1-3-5-16;9-5-6-1-3-7(4-2-6)8(10,11)12/h6-9,14,16H,1-5,10-12H2;1-4H,5H2. The summed E-state index contributed by atoms with van der Waals surface area (Å²) >= 11 is 3.15. The van der Waals surface area contributed by atoms with Crippen molar-refractivity contribution < 1.29 is 31.1 Å². The number of benzene rings is 2. The molecule has 192 valence electrons. The number of amides is 1. The summed E-state index contributed by atoms with van der Waals surface area (Å²) in [5, 5.41) is 0.575. The van der Waals surface area contributed by atoms with E-state index in [-0.39, 0.29) is 11.8 Å². The summed E-state index contributed by atoms with van der Waals surface area (Å²) in [5.74, 6) is 0.116. The number of nitrogens with zero attached hydrogens (tertiary/aromatic N) is 1. The molecule has 1 unspecified atom stereocenters. The molecule has 2 fully saturated rings. The first-order valence-electron chi connectivity index (χ1n) is 11.7. The Labute approximate surface area is 209 Å². The smallest absolute Gasteiger partial charge is 0.339 e. The molecule has 2 aromatic rings. The fourth-order valence-corrected chi connectivity index (χ4v) is 4.98. The van der Waals surface area contributed by atoms with E-state index < -0.39 is 23.5 Å². The van der Waals surface area contributed by atoms with Crippen LogP contribution in [0, 0.1) is 5.92 Å². The van der Waals surface area contributed by atoms with Gasteiger partial charge in [-0.3, -0.25) is 4.79 Å². The first-order chi connectivity index (χ1) is 16.5. The molecular formula is C26H28BrF6NO. The summed E-state index contributed by atoms with van der Waals surface area (Å²) in [6, 6.07) is 10.7. The van der Waals surface area contributed by atoms with E-state index in [9.17, 15) is 31.1 Å². The second kappa shape index (κ2) is 11.8. The van der Waals surface area contributed by atoms with Crippen molar-refractivity contribution in [3.8, 4) is 0 Å². The Balaban J connectivity index is 0.000000241. The summed E-state index contributed by atoms with van der Waals surface area (Å²) < 4.78 is 73.8. The molecule has 1 heterocycles. The molecule has 1 saturated heterocycles. The number of carbonyl (C=O) groups is 1. The van der Waals surface area contributed by atoms with Crippen LogP contribution in [-0.2, 0) is 28.9 Å². The van der Waals surface area contributed by atoms with Crippen molar-refractivity contribution in [2.24, 2.45) is 5.92 Å². The first-order valence-corrected chi connectivity index (χ1v) is 12.8. The van der Waals surface area contributed by atoms with Crippen LogP contribution in [0.5, 0.6) is 0 Å². The Morgan fingerprint density at radius 3 is 1.69 bits per heavy atom. The van der Waals surface area contributed by atoms with Gasteiger partial charge in [-0.1, -0.05) is 59.5 Å². The first kappa shape index (κ1) is 27.6. The normalized spacial score (nSPS) is 19.5. The molecular weight excluding hydrogens is 536 g/mol. The molecule has 35 heavy (non-hydrogen) atoms. The lowest BCUT2D eigenvalue weighted by atomic mass is 9.94. The lowest BCUT2D eigenvalue weighted by Crippen LogP contribution is -2.39. The molecule has 1 aliphatic heterocycles. The minimum absolute atomic E-state index is 0.0753. The lowest BCUT2D eigenvalue weighted by Gasteiger charge is -2.31. The van der Waals surface area contributed by atoms with Gasteiger partial charge < -0.3 is 4.90 Å². The van der Waals surface area contributed by atoms with Crippen LogP contribution in [0.3, 0.4) is 0 Å². The Morgan fingerprint density at radius 1 is 0.743 bits per heavy atom. The van der Waals surface area contributed by atoms with Crippen molar-refractivity contribution >= 4 is 21.8 Å². The molecule has 1 saturated carbocycles. The Bertz CT molecular complexity index is 950. The Kier molecular flexibility index (Phi) is 9.29. The zero-order valence-electron chi connectivity index (χ0n) is 19.1. The molecule has 2 aliphatic rings. The predicted molar refractivity (Wildman–Crippen MR) is 126 cm³/mol. The summed E-state index contributed by atoms with van der Waals surface area (Å²) in [5.41, 5.74) is 0.403. The van der Waals surface area contributed by atoms with Crippen LogP contribution in [0.1, 0.15) is 60.8 Å². The quantitative estimate of drug-likeness (QED) is 0.272. The SMILES string of the molecule is FC(F)(F)c1ccc(CBr)cc1.O=C1C(Cc2ccc(C(F)(F)F)cc2)CCN1C1CCCCC1. The van der Waals surface area contributed by atoms with Crippen LogP contribution < -0.4 is 0 Å². The fourth-order valence-electron chi connectivity index (χ4n) is 4.60. The van der Waals surface area contributed by atoms with E-state index in [0.29, 0.717) is 17.8 Å². The van der Waals surface area contributed by atoms with Crippen LogP contribution in [-0.4, -0.2) is 23.4 Å². The average Bonchev–Trinajstić information content (AvgIpc) is 3.19. The van der Waals surface area contributed by atoms with Gasteiger partial charge in [-0.25, -0.2) is 0 Å². The minimum Gasteiger partial charge on any atom is -0.339 e. The van der Waals surface area contributed by atoms with Gasteiger partial charge in [0.15, 0.2) is 0 Å². The van der Waals surface area contributed by atoms with Gasteiger partial charge in [0.25, 0.3) is 0 Å². The highest BCUT2D eigenvalue weighted by Crippen LogP contribution is 2.32. The van der Waals surface area contributed by atoms with Gasteiger partial charge in [0.05, 0.1) is 11.1 Å². The zero-order chi connectivity index (χ0) is 25.6. The molecule has 2 aromatic carbocycles. The zero-order valence-corrected chi connectivity index (χ0v) is 20.7. The Hall–Kier alpha value is -2.03. The highest BCUT2D eigenvalue weighted by atomic mass is 79.9. The molecule has 0 aromatic heterocycles. The lowest BCUT2D eigenvalue weighted by molar-refractivity contribution is -0.138. The third kappa shape index (κ3) is 7.72. The molecule has 0 bridgehead atoms. The van der Waals surface area contributed by atoms with Crippen molar-refractivity contribution in [1.29, 1.82) is 0 Å². The maximum Gasteiger partial charge on any atom is 0.416 e. The van der Waals surface area contributed by atoms with E-state index in [0.717, 1.165) is 61.2 Å². The number of hydrogen-bond donors (Lipinski definition) is 0. The number of rotatable bonds is 4. The Morgan fingerprint density at radius 2 is 1.23 bits per heavy atom. The van der Waals surface area contributed by atoms with Gasteiger partial charge >= 0.3 is 12.4 Å². The highest BCUT2D eigenvalue weighted by Gasteiger charge is 2.36. The van der Waals surface area contributed by atoms with Gasteiger partial charge in [-0.15, -0.1) is 0 Å². The third-order valence-corrected chi connectivity index (χ3v) is 7.21. The maximum atomic E-state index is 12.6. The third-order valence-electron chi connectivity index (χ3n) is 6.57. The summed E-state index contributed by atoms with van der Waals surface area (Å²) in [4.78, 5) is 14.6. The van der Waals surface area contributed by atoms with E-state index in [2.05, 4.69) is 15.9 Å². The van der Waals surface area contributed by atoms with E-state index in [1.807, 2.05) is 4.90 Å². The van der Waals surface area contributed by atoms with E-state index in [1.165, 1.54) is 43.5 Å². The van der Waals surface area contributed by atoms with Crippen molar-refractivity contribution in [3.05, 3.63) is 70.8 Å². The highest BCUT2D eigenvalue weighted by molar-refractivity contribution is 9.08. The minimum atomic E-state index is -4.31. The van der Waals surface area contributed by atoms with Crippen LogP contribution in [0.15, 0.2) is 48.5 Å². The molecule has 0 N–H and O–H groups in total. The summed E-state index contributed by atoms with van der Waals surface area (Å²) in [7, 11) is 0. The number of hydrogen-bond acceptors (Lipinski definition) is 1. The second-order valence-electron chi connectivity index (χ2n) is 9.04. The largest absolute Gasteiger partial charge is 0.416 e. The monoisotopic (exact) mass is 563 g/mol. The van der Waals surface area contributed by atoms with Gasteiger partial charge in [0, 0.05) is 23.8 Å². The summed E-state index contributed by atoms with van der Waals surface area (Å²) in [6.45, 7) is 0.800. The number of likely N-dealkylation sites (tertiary alicyclic amines) is 1. The molecule has 9 heteroatoms. The van der Waals surface area contributed by atoms with Gasteiger partial charge in [-0.2, -0.15) is 26.3 Å². The van der Waals surface area contributed by atoms with E-state index in [1.54, 1.807) is 0 Å². The molecule has 1 aliphatic carbocycles. The molecule has 1 atom stereocenters. The van der Waals surface area contributed by atoms with Crippen molar-refractivity contribution in [2.75, 3.05) is 6.54 Å². The topological polar surface area (TPSA) is 20.3 Å². The molecule has 4 rings (SSSR count). The molecule has 0 radical (unpaired) electrons. The van der Waals surface area contributed by atoms with Crippen molar-refractivity contribution in [1.82, 2.24) is 4.90 Å². The second-order valence-corrected chi connectivity index (χ2v) is 9.60. The van der Waals surface area contributed by atoms with Crippen molar-refractivity contribution in [3.63, 3.8) is 0 Å². The van der Waals surface area contributed by atoms with Gasteiger partial charge in [0.2, 0.25) is 5.91 Å². The molecule has 0 spiro atoms. The predicted octanol–water partition coefficient (Wildman–Crippen LogP) is 8.03. The number of carbonyl (C=O) groups excluding carboxylic acids is 1. The van der Waals surface area contributed by atoms with Crippen LogP contribution in [0.25, 0.3) is 0 Å². The van der Waals surface area contributed by atoms with E-state index in [4.69, 9.17) is 0 Å².